The molecule has 1 fully saturated rings. The molecule has 2 aliphatic carbocycles. The predicted molar refractivity (Wildman–Crippen MR) is 136 cm³/mol. The zero-order valence-corrected chi connectivity index (χ0v) is 20.8. The van der Waals surface area contributed by atoms with Crippen molar-refractivity contribution in [3.63, 3.8) is 0 Å². The van der Waals surface area contributed by atoms with E-state index >= 15 is 0 Å². The SMILES string of the molecule is CC.CNC1CCc2ccc(OCCNS(=O)(=O)CC3CC3)cc2C1Cc1ccc(F)cc1.[HH].[HH]. The van der Waals surface area contributed by atoms with Crippen molar-refractivity contribution in [3.05, 3.63) is 65.0 Å². The lowest BCUT2D eigenvalue weighted by Gasteiger charge is -2.34. The Morgan fingerprint density at radius 3 is 2.48 bits per heavy atom. The van der Waals surface area contributed by atoms with Crippen molar-refractivity contribution >= 4 is 10.0 Å². The summed E-state index contributed by atoms with van der Waals surface area (Å²) in [5.74, 6) is 1.35. The minimum Gasteiger partial charge on any atom is -0.492 e. The van der Waals surface area contributed by atoms with Crippen LogP contribution >= 0.6 is 0 Å². The molecule has 33 heavy (non-hydrogen) atoms. The van der Waals surface area contributed by atoms with Crippen LogP contribution in [0.15, 0.2) is 42.5 Å². The molecule has 2 unspecified atom stereocenters. The van der Waals surface area contributed by atoms with Gasteiger partial charge in [-0.25, -0.2) is 17.5 Å². The van der Waals surface area contributed by atoms with Crippen LogP contribution in [0, 0.1) is 11.7 Å². The van der Waals surface area contributed by atoms with E-state index in [9.17, 15) is 12.8 Å². The molecule has 5 nitrogen and oxygen atoms in total. The third-order valence-corrected chi connectivity index (χ3v) is 7.87. The van der Waals surface area contributed by atoms with Gasteiger partial charge < -0.3 is 10.1 Å². The van der Waals surface area contributed by atoms with E-state index in [1.54, 1.807) is 0 Å². The topological polar surface area (TPSA) is 67.4 Å². The van der Waals surface area contributed by atoms with E-state index in [2.05, 4.69) is 22.2 Å². The van der Waals surface area contributed by atoms with E-state index in [0.717, 1.165) is 43.4 Å². The summed E-state index contributed by atoms with van der Waals surface area (Å²) in [6.07, 6.45) is 4.90. The van der Waals surface area contributed by atoms with Crippen LogP contribution in [0.2, 0.25) is 0 Å². The lowest BCUT2D eigenvalue weighted by molar-refractivity contribution is 0.320. The first kappa shape index (κ1) is 25.7. The quantitative estimate of drug-likeness (QED) is 0.474. The third kappa shape index (κ3) is 7.52. The van der Waals surface area contributed by atoms with Crippen molar-refractivity contribution in [3.8, 4) is 5.75 Å². The molecule has 186 valence electrons. The largest absolute Gasteiger partial charge is 0.492 e. The molecule has 2 N–H and O–H groups in total. The Kier molecular flexibility index (Phi) is 9.29. The van der Waals surface area contributed by atoms with Crippen molar-refractivity contribution in [1.29, 1.82) is 0 Å². The molecule has 2 atom stereocenters. The molecular weight excluding hydrogens is 439 g/mol. The van der Waals surface area contributed by atoms with Gasteiger partial charge in [-0.05, 0) is 86.0 Å². The number of hydrogen-bond donors (Lipinski definition) is 2. The second-order valence-electron chi connectivity index (χ2n) is 8.70. The van der Waals surface area contributed by atoms with Crippen LogP contribution in [0.1, 0.15) is 58.6 Å². The van der Waals surface area contributed by atoms with Gasteiger partial charge in [0, 0.05) is 21.4 Å². The van der Waals surface area contributed by atoms with Gasteiger partial charge in [0.05, 0.1) is 5.75 Å². The van der Waals surface area contributed by atoms with Crippen molar-refractivity contribution < 1.29 is 20.4 Å². The van der Waals surface area contributed by atoms with Gasteiger partial charge >= 0.3 is 0 Å². The highest BCUT2D eigenvalue weighted by Gasteiger charge is 2.29. The molecule has 0 aromatic heterocycles. The molecular formula is C26H41FN2O3S. The summed E-state index contributed by atoms with van der Waals surface area (Å²) in [6.45, 7) is 4.56. The Balaban J connectivity index is 0.00000149. The molecule has 0 radical (unpaired) electrons. The smallest absolute Gasteiger partial charge is 0.211 e. The zero-order valence-electron chi connectivity index (χ0n) is 19.9. The number of sulfonamides is 1. The molecule has 0 heterocycles. The fourth-order valence-electron chi connectivity index (χ4n) is 4.46. The molecule has 0 saturated heterocycles. The van der Waals surface area contributed by atoms with Gasteiger partial charge in [-0.2, -0.15) is 0 Å². The van der Waals surface area contributed by atoms with Crippen LogP contribution in [0.3, 0.4) is 0 Å². The normalized spacial score (nSPS) is 19.9. The minimum absolute atomic E-state index is 0. The molecule has 0 spiro atoms. The first-order valence-electron chi connectivity index (χ1n) is 12.1. The Morgan fingerprint density at radius 1 is 1.09 bits per heavy atom. The maximum atomic E-state index is 13.3. The highest BCUT2D eigenvalue weighted by molar-refractivity contribution is 7.89. The number of hydrogen-bond acceptors (Lipinski definition) is 4. The van der Waals surface area contributed by atoms with E-state index in [0.29, 0.717) is 18.6 Å². The standard InChI is InChI=1S/C24H31FN2O3S.C2H6.2H2/c1-26-24-11-7-19-6-10-21(30-13-12-27-31(28,29)16-18-2-3-18)15-22(19)23(24)14-17-4-8-20(25)9-5-17;1-2;;/h4-6,8-10,15,18,23-24,26-27H,2-3,7,11-14,16H2,1H3;1-2H3;2*1H. The highest BCUT2D eigenvalue weighted by atomic mass is 32.2. The lowest BCUT2D eigenvalue weighted by Crippen LogP contribution is -2.37. The summed E-state index contributed by atoms with van der Waals surface area (Å²) in [4.78, 5) is 0. The summed E-state index contributed by atoms with van der Waals surface area (Å²) >= 11 is 0. The number of ether oxygens (including phenoxy) is 1. The van der Waals surface area contributed by atoms with E-state index < -0.39 is 10.0 Å². The highest BCUT2D eigenvalue weighted by Crippen LogP contribution is 2.36. The van der Waals surface area contributed by atoms with Gasteiger partial charge in [-0.15, -0.1) is 0 Å². The molecule has 2 aliphatic rings. The summed E-state index contributed by atoms with van der Waals surface area (Å²) in [5, 5.41) is 3.44. The van der Waals surface area contributed by atoms with Gasteiger partial charge in [-0.3, -0.25) is 0 Å². The van der Waals surface area contributed by atoms with Crippen LogP contribution in [-0.4, -0.2) is 40.4 Å². The van der Waals surface area contributed by atoms with Crippen LogP contribution in [0.4, 0.5) is 4.39 Å². The van der Waals surface area contributed by atoms with Crippen LogP contribution < -0.4 is 14.8 Å². The summed E-state index contributed by atoms with van der Waals surface area (Å²) < 4.78 is 45.8. The number of likely N-dealkylation sites (N-methyl/N-ethyl adjacent to an activating group) is 1. The maximum absolute atomic E-state index is 13.3. The molecule has 1 saturated carbocycles. The van der Waals surface area contributed by atoms with E-state index in [4.69, 9.17) is 4.74 Å². The number of halogens is 1. The fourth-order valence-corrected chi connectivity index (χ4v) is 5.92. The maximum Gasteiger partial charge on any atom is 0.211 e. The Morgan fingerprint density at radius 2 is 1.82 bits per heavy atom. The monoisotopic (exact) mass is 480 g/mol. The first-order valence-corrected chi connectivity index (χ1v) is 13.7. The molecule has 2 aromatic carbocycles. The molecule has 7 heteroatoms. The Labute approximate surface area is 201 Å². The number of fused-ring (bicyclic) bond motifs is 1. The first-order chi connectivity index (χ1) is 15.9. The Hall–Kier alpha value is -1.96. The molecule has 0 bridgehead atoms. The summed E-state index contributed by atoms with van der Waals surface area (Å²) in [7, 11) is -1.22. The van der Waals surface area contributed by atoms with Crippen molar-refractivity contribution in [2.75, 3.05) is 26.0 Å². The molecule has 2 aromatic rings. The number of rotatable bonds is 10. The van der Waals surface area contributed by atoms with Crippen LogP contribution in [0.25, 0.3) is 0 Å². The Bertz CT molecular complexity index is 1000. The van der Waals surface area contributed by atoms with E-state index in [-0.39, 0.29) is 26.9 Å². The van der Waals surface area contributed by atoms with Crippen molar-refractivity contribution in [2.24, 2.45) is 5.92 Å². The lowest BCUT2D eigenvalue weighted by atomic mass is 9.76. The summed E-state index contributed by atoms with van der Waals surface area (Å²) in [5.41, 5.74) is 3.67. The second-order valence-corrected chi connectivity index (χ2v) is 10.6. The molecule has 0 amide bonds. The van der Waals surface area contributed by atoms with Crippen LogP contribution in [-0.2, 0) is 22.9 Å². The van der Waals surface area contributed by atoms with Crippen LogP contribution in [0.5, 0.6) is 5.75 Å². The number of nitrogens with one attached hydrogen (secondary N) is 2. The molecule has 4 rings (SSSR count). The summed E-state index contributed by atoms with van der Waals surface area (Å²) in [6, 6.07) is 13.2. The van der Waals surface area contributed by atoms with Gasteiger partial charge in [-0.1, -0.05) is 32.0 Å². The zero-order chi connectivity index (χ0) is 23.8. The van der Waals surface area contributed by atoms with Crippen molar-refractivity contribution in [1.82, 2.24) is 10.0 Å². The average Bonchev–Trinajstić information content (AvgIpc) is 3.63. The fraction of sp³-hybridized carbons (Fsp3) is 0.538. The average molecular weight is 481 g/mol. The number of benzene rings is 2. The molecule has 0 aliphatic heterocycles. The second kappa shape index (κ2) is 12.0. The van der Waals surface area contributed by atoms with Crippen molar-refractivity contribution in [2.45, 2.75) is 57.9 Å². The van der Waals surface area contributed by atoms with Gasteiger partial charge in [0.15, 0.2) is 0 Å². The third-order valence-electron chi connectivity index (χ3n) is 6.31. The van der Waals surface area contributed by atoms with Gasteiger partial charge in [0.2, 0.25) is 10.0 Å². The van der Waals surface area contributed by atoms with E-state index in [1.165, 1.54) is 23.3 Å². The number of aryl methyl sites for hydroxylation is 1. The van der Waals surface area contributed by atoms with E-state index in [1.807, 2.05) is 39.1 Å². The van der Waals surface area contributed by atoms with Gasteiger partial charge in [0.25, 0.3) is 0 Å². The van der Waals surface area contributed by atoms with Gasteiger partial charge in [0.1, 0.15) is 18.2 Å². The predicted octanol–water partition coefficient (Wildman–Crippen LogP) is 4.91. The minimum atomic E-state index is -3.21.